The summed E-state index contributed by atoms with van der Waals surface area (Å²) >= 11 is 0. The summed E-state index contributed by atoms with van der Waals surface area (Å²) in [6.07, 6.45) is 10.1. The van der Waals surface area contributed by atoms with E-state index in [4.69, 9.17) is 33.7 Å². The van der Waals surface area contributed by atoms with Gasteiger partial charge in [-0.2, -0.15) is 0 Å². The standard InChI is InChI=1S/C27H48N3O11P/c1-30(21-24(31)35-2)25(28)29-42(34,38-19-11-9-17-36-26(32)40-22-13-5-3-6-14-22)39-20-12-10-18-37-27(33)41-23-15-7-4-8-16-23/h22-23H,3-21H2,1-2H3,(H2,28,29,34). The van der Waals surface area contributed by atoms with Crippen LogP contribution >= 0.6 is 7.75 Å². The van der Waals surface area contributed by atoms with Gasteiger partial charge in [0.2, 0.25) is 5.96 Å². The molecule has 242 valence electrons. The highest BCUT2D eigenvalue weighted by Gasteiger charge is 2.26. The number of guanidine groups is 1. The Labute approximate surface area is 248 Å². The molecule has 0 saturated heterocycles. The molecule has 2 aliphatic carbocycles. The summed E-state index contributed by atoms with van der Waals surface area (Å²) in [5.74, 6) is -0.789. The first-order chi connectivity index (χ1) is 20.2. The van der Waals surface area contributed by atoms with E-state index in [1.54, 1.807) is 0 Å². The van der Waals surface area contributed by atoms with Crippen molar-refractivity contribution < 1.29 is 51.7 Å². The van der Waals surface area contributed by atoms with E-state index >= 15 is 0 Å². The fourth-order valence-corrected chi connectivity index (χ4v) is 5.73. The Morgan fingerprint density at radius 1 is 0.762 bits per heavy atom. The zero-order valence-electron chi connectivity index (χ0n) is 25.0. The molecule has 2 rings (SSSR count). The van der Waals surface area contributed by atoms with E-state index in [1.807, 2.05) is 0 Å². The third-order valence-electron chi connectivity index (χ3n) is 6.87. The van der Waals surface area contributed by atoms with Gasteiger partial charge < -0.3 is 34.3 Å². The number of esters is 1. The highest BCUT2D eigenvalue weighted by molar-refractivity contribution is 7.52. The van der Waals surface area contributed by atoms with E-state index in [0.717, 1.165) is 64.2 Å². The third-order valence-corrected chi connectivity index (χ3v) is 8.33. The van der Waals surface area contributed by atoms with Gasteiger partial charge in [0.05, 0.1) is 33.5 Å². The van der Waals surface area contributed by atoms with Gasteiger partial charge in [-0.1, -0.05) is 12.8 Å². The molecule has 0 atom stereocenters. The van der Waals surface area contributed by atoms with Crippen LogP contribution in [-0.2, 0) is 42.1 Å². The van der Waals surface area contributed by atoms with Crippen molar-refractivity contribution in [3.63, 3.8) is 0 Å². The normalized spacial score (nSPS) is 16.9. The summed E-state index contributed by atoms with van der Waals surface area (Å²) in [6.45, 7) is 0.0132. The van der Waals surface area contributed by atoms with Crippen LogP contribution in [0.1, 0.15) is 89.9 Å². The van der Waals surface area contributed by atoms with Gasteiger partial charge in [-0.3, -0.25) is 13.8 Å². The van der Waals surface area contributed by atoms with E-state index in [1.165, 1.54) is 19.1 Å². The maximum atomic E-state index is 13.3. The van der Waals surface area contributed by atoms with Crippen molar-refractivity contribution in [2.75, 3.05) is 47.1 Å². The summed E-state index contributed by atoms with van der Waals surface area (Å²) in [4.78, 5) is 36.5. The van der Waals surface area contributed by atoms with E-state index in [2.05, 4.69) is 9.50 Å². The highest BCUT2D eigenvalue weighted by Crippen LogP contribution is 2.50. The Morgan fingerprint density at radius 3 is 1.62 bits per heavy atom. The van der Waals surface area contributed by atoms with Crippen LogP contribution in [0.5, 0.6) is 0 Å². The molecular formula is C27H48N3O11P. The number of carbonyl (C=O) groups is 3. The molecule has 0 heterocycles. The van der Waals surface area contributed by atoms with E-state index in [-0.39, 0.29) is 51.1 Å². The second-order valence-electron chi connectivity index (χ2n) is 10.4. The molecule has 2 saturated carbocycles. The third kappa shape index (κ3) is 15.6. The minimum Gasteiger partial charge on any atom is -0.468 e. The average molecular weight is 622 g/mol. The Kier molecular flexibility index (Phi) is 17.3. The SMILES string of the molecule is COC(=O)CN(C)/C(N)=N\P(=O)(OCCCCOC(=O)OC1CCCCC1)OCCCCOC(=O)OC1CCCCC1. The topological polar surface area (TPSA) is 175 Å². The number of unbranched alkanes of at least 4 members (excludes halogenated alkanes) is 2. The van der Waals surface area contributed by atoms with Gasteiger partial charge in [-0.25, -0.2) is 14.2 Å². The largest absolute Gasteiger partial charge is 0.508 e. The number of ether oxygens (including phenoxy) is 5. The van der Waals surface area contributed by atoms with Crippen molar-refractivity contribution in [3.8, 4) is 0 Å². The lowest BCUT2D eigenvalue weighted by Gasteiger charge is -2.21. The number of hydrogen-bond acceptors (Lipinski definition) is 11. The lowest BCUT2D eigenvalue weighted by Crippen LogP contribution is -2.38. The van der Waals surface area contributed by atoms with Crippen molar-refractivity contribution in [3.05, 3.63) is 0 Å². The predicted octanol–water partition coefficient (Wildman–Crippen LogP) is 5.08. The van der Waals surface area contributed by atoms with Gasteiger partial charge in [0, 0.05) is 7.05 Å². The quantitative estimate of drug-likeness (QED) is 0.0569. The first-order valence-electron chi connectivity index (χ1n) is 14.9. The lowest BCUT2D eigenvalue weighted by molar-refractivity contribution is -0.140. The van der Waals surface area contributed by atoms with Crippen molar-refractivity contribution in [1.29, 1.82) is 0 Å². The van der Waals surface area contributed by atoms with Gasteiger partial charge in [0.15, 0.2) is 0 Å². The smallest absolute Gasteiger partial charge is 0.468 e. The zero-order chi connectivity index (χ0) is 30.6. The second-order valence-corrected chi connectivity index (χ2v) is 12.0. The monoisotopic (exact) mass is 621 g/mol. The van der Waals surface area contributed by atoms with Crippen LogP contribution in [0, 0.1) is 0 Å². The molecule has 0 amide bonds. The molecule has 15 heteroatoms. The lowest BCUT2D eigenvalue weighted by atomic mass is 9.98. The summed E-state index contributed by atoms with van der Waals surface area (Å²) in [7, 11) is -1.35. The van der Waals surface area contributed by atoms with Crippen LogP contribution in [0.15, 0.2) is 4.76 Å². The summed E-state index contributed by atoms with van der Waals surface area (Å²) in [5.41, 5.74) is 5.92. The predicted molar refractivity (Wildman–Crippen MR) is 153 cm³/mol. The van der Waals surface area contributed by atoms with Gasteiger partial charge in [0.25, 0.3) is 0 Å². The van der Waals surface area contributed by atoms with Crippen molar-refractivity contribution in [1.82, 2.24) is 4.90 Å². The maximum Gasteiger partial charge on any atom is 0.508 e. The van der Waals surface area contributed by atoms with Crippen LogP contribution in [0.4, 0.5) is 9.59 Å². The molecule has 0 unspecified atom stereocenters. The minimum absolute atomic E-state index is 0.00801. The summed E-state index contributed by atoms with van der Waals surface area (Å²) < 4.78 is 53.7. The molecule has 0 aromatic carbocycles. The second kappa shape index (κ2) is 20.4. The highest BCUT2D eigenvalue weighted by atomic mass is 31.2. The molecule has 2 N–H and O–H groups in total. The molecule has 0 radical (unpaired) electrons. The number of hydrogen-bond donors (Lipinski definition) is 1. The van der Waals surface area contributed by atoms with E-state index in [0.29, 0.717) is 25.7 Å². The molecule has 42 heavy (non-hydrogen) atoms. The molecule has 0 aromatic rings. The molecule has 0 bridgehead atoms. The van der Waals surface area contributed by atoms with E-state index < -0.39 is 26.0 Å². The van der Waals surface area contributed by atoms with Crippen molar-refractivity contribution in [2.24, 2.45) is 10.5 Å². The van der Waals surface area contributed by atoms with Crippen molar-refractivity contribution in [2.45, 2.75) is 102 Å². The van der Waals surface area contributed by atoms with Gasteiger partial charge in [0.1, 0.15) is 18.8 Å². The molecule has 2 fully saturated rings. The number of nitrogens with zero attached hydrogens (tertiary/aromatic N) is 2. The average Bonchev–Trinajstić information content (AvgIpc) is 2.97. The van der Waals surface area contributed by atoms with Gasteiger partial charge in [-0.05, 0) is 77.0 Å². The number of likely N-dealkylation sites (N-methyl/N-ethyl adjacent to an activating group) is 1. The summed E-state index contributed by atoms with van der Waals surface area (Å²) in [6, 6.07) is 0. The number of rotatable bonds is 17. The fourth-order valence-electron chi connectivity index (χ4n) is 4.42. The number of nitrogens with two attached hydrogens (primary N) is 1. The molecular weight excluding hydrogens is 573 g/mol. The van der Waals surface area contributed by atoms with Crippen LogP contribution in [-0.4, -0.2) is 88.5 Å². The van der Waals surface area contributed by atoms with Gasteiger partial charge in [-0.15, -0.1) is 4.76 Å². The molecule has 0 aliphatic heterocycles. The Balaban J connectivity index is 1.73. The van der Waals surface area contributed by atoms with Crippen LogP contribution in [0.3, 0.4) is 0 Å². The zero-order valence-corrected chi connectivity index (χ0v) is 25.9. The van der Waals surface area contributed by atoms with E-state index in [9.17, 15) is 18.9 Å². The van der Waals surface area contributed by atoms with Crippen LogP contribution in [0.2, 0.25) is 0 Å². The molecule has 0 aromatic heterocycles. The van der Waals surface area contributed by atoms with Crippen molar-refractivity contribution >= 4 is 32.0 Å². The molecule has 0 spiro atoms. The first-order valence-corrected chi connectivity index (χ1v) is 16.4. The number of methoxy groups -OCH3 is 1. The van der Waals surface area contributed by atoms with Crippen LogP contribution < -0.4 is 5.73 Å². The maximum absolute atomic E-state index is 13.3. The fraction of sp³-hybridized carbons (Fsp3) is 0.852. The first kappa shape index (κ1) is 35.6. The minimum atomic E-state index is -4.06. The molecule has 14 nitrogen and oxygen atoms in total. The Hall–Kier alpha value is -2.57. The Morgan fingerprint density at radius 2 is 1.19 bits per heavy atom. The summed E-state index contributed by atoms with van der Waals surface area (Å²) in [5, 5.41) is 0. The van der Waals surface area contributed by atoms with Crippen LogP contribution in [0.25, 0.3) is 0 Å². The van der Waals surface area contributed by atoms with Gasteiger partial charge >= 0.3 is 26.0 Å². The molecule has 2 aliphatic rings. The Bertz CT molecular complexity index is 845. The number of carbonyl (C=O) groups excluding carboxylic acids is 3.